The number of aliphatic carboxylic acids is 1. The highest BCUT2D eigenvalue weighted by Gasteiger charge is 2.34. The first-order valence-corrected chi connectivity index (χ1v) is 6.40. The molecule has 0 bridgehead atoms. The largest absolute Gasteiger partial charge is 0.479 e. The van der Waals surface area contributed by atoms with Gasteiger partial charge in [-0.15, -0.1) is 0 Å². The summed E-state index contributed by atoms with van der Waals surface area (Å²) in [7, 11) is 0. The first-order chi connectivity index (χ1) is 8.32. The highest BCUT2D eigenvalue weighted by Crippen LogP contribution is 2.34. The minimum Gasteiger partial charge on any atom is -0.479 e. The van der Waals surface area contributed by atoms with Crippen LogP contribution in [0.2, 0.25) is 0 Å². The van der Waals surface area contributed by atoms with Crippen LogP contribution in [0.25, 0.3) is 0 Å². The number of aliphatic hydroxyl groups is 1. The van der Waals surface area contributed by atoms with E-state index in [2.05, 4.69) is 13.8 Å². The number of carboxylic acids is 1. The Morgan fingerprint density at radius 1 is 1.33 bits per heavy atom. The average Bonchev–Trinajstić information content (AvgIpc) is 2.71. The number of fused-ring (bicyclic) bond motifs is 1. The zero-order valence-corrected chi connectivity index (χ0v) is 11.1. The molecule has 1 aliphatic rings. The predicted octanol–water partition coefficient (Wildman–Crippen LogP) is 2.35. The minimum absolute atomic E-state index is 0.471. The van der Waals surface area contributed by atoms with Crippen molar-refractivity contribution < 1.29 is 15.0 Å². The van der Waals surface area contributed by atoms with Crippen LogP contribution in [0.3, 0.4) is 0 Å². The van der Waals surface area contributed by atoms with Crippen LogP contribution in [0.4, 0.5) is 0 Å². The van der Waals surface area contributed by atoms with E-state index in [0.29, 0.717) is 17.4 Å². The maximum Gasteiger partial charge on any atom is 0.340 e. The van der Waals surface area contributed by atoms with Gasteiger partial charge in [0.1, 0.15) is 0 Å². The van der Waals surface area contributed by atoms with Gasteiger partial charge in [-0.25, -0.2) is 4.79 Å². The van der Waals surface area contributed by atoms with E-state index in [1.165, 1.54) is 18.1 Å². The van der Waals surface area contributed by atoms with Crippen LogP contribution in [0.5, 0.6) is 0 Å². The molecule has 3 nitrogen and oxygen atoms in total. The van der Waals surface area contributed by atoms with Crippen LogP contribution in [-0.2, 0) is 23.2 Å². The van der Waals surface area contributed by atoms with Gasteiger partial charge >= 0.3 is 5.97 Å². The molecule has 0 aromatic heterocycles. The highest BCUT2D eigenvalue weighted by molar-refractivity contribution is 5.78. The molecule has 2 rings (SSSR count). The van der Waals surface area contributed by atoms with E-state index >= 15 is 0 Å². The van der Waals surface area contributed by atoms with Gasteiger partial charge in [0.25, 0.3) is 0 Å². The van der Waals surface area contributed by atoms with Crippen molar-refractivity contribution in [3.05, 3.63) is 34.9 Å². The van der Waals surface area contributed by atoms with Crippen LogP contribution in [0, 0.1) is 11.8 Å². The first kappa shape index (κ1) is 13.1. The molecule has 2 unspecified atom stereocenters. The van der Waals surface area contributed by atoms with E-state index in [-0.39, 0.29) is 0 Å². The topological polar surface area (TPSA) is 57.5 Å². The zero-order chi connectivity index (χ0) is 13.5. The number of rotatable bonds is 3. The lowest BCUT2D eigenvalue weighted by atomic mass is 9.92. The fourth-order valence-corrected chi connectivity index (χ4v) is 2.55. The fourth-order valence-electron chi connectivity index (χ4n) is 2.55. The second kappa shape index (κ2) is 4.39. The van der Waals surface area contributed by atoms with Gasteiger partial charge in [-0.05, 0) is 48.3 Å². The third-order valence-electron chi connectivity index (χ3n) is 4.09. The van der Waals surface area contributed by atoms with Crippen LogP contribution < -0.4 is 0 Å². The van der Waals surface area contributed by atoms with Gasteiger partial charge in [0.05, 0.1) is 0 Å². The molecular weight excluding hydrogens is 228 g/mol. The Morgan fingerprint density at radius 3 is 2.50 bits per heavy atom. The Morgan fingerprint density at radius 2 is 1.94 bits per heavy atom. The van der Waals surface area contributed by atoms with Gasteiger partial charge in [0, 0.05) is 0 Å². The fraction of sp³-hybridized carbons (Fsp3) is 0.533. The zero-order valence-electron chi connectivity index (χ0n) is 11.1. The summed E-state index contributed by atoms with van der Waals surface area (Å²) in [5, 5.41) is 19.0. The van der Waals surface area contributed by atoms with Crippen LogP contribution in [0.1, 0.15) is 37.5 Å². The van der Waals surface area contributed by atoms with Gasteiger partial charge in [-0.1, -0.05) is 32.0 Å². The molecule has 2 N–H and O–H groups in total. The Balaban J connectivity index is 2.32. The second-order valence-corrected chi connectivity index (χ2v) is 5.77. The molecule has 0 amide bonds. The third kappa shape index (κ3) is 2.15. The molecule has 0 spiro atoms. The van der Waals surface area contributed by atoms with Crippen LogP contribution in [0.15, 0.2) is 18.2 Å². The van der Waals surface area contributed by atoms with E-state index in [1.807, 2.05) is 12.1 Å². The molecule has 1 aromatic rings. The normalized spacial score (nSPS) is 21.7. The van der Waals surface area contributed by atoms with Gasteiger partial charge < -0.3 is 10.2 Å². The van der Waals surface area contributed by atoms with Crippen molar-refractivity contribution in [2.75, 3.05) is 0 Å². The van der Waals surface area contributed by atoms with Gasteiger partial charge in [0.15, 0.2) is 5.60 Å². The Hall–Kier alpha value is -1.35. The highest BCUT2D eigenvalue weighted by atomic mass is 16.4. The van der Waals surface area contributed by atoms with Gasteiger partial charge in [-0.2, -0.15) is 0 Å². The van der Waals surface area contributed by atoms with E-state index in [4.69, 9.17) is 5.11 Å². The van der Waals surface area contributed by atoms with Crippen molar-refractivity contribution in [2.45, 2.75) is 39.2 Å². The molecule has 0 saturated carbocycles. The summed E-state index contributed by atoms with van der Waals surface area (Å²) in [6.45, 7) is 5.75. The lowest BCUT2D eigenvalue weighted by Crippen LogP contribution is -2.31. The van der Waals surface area contributed by atoms with E-state index in [9.17, 15) is 9.90 Å². The maximum atomic E-state index is 11.0. The van der Waals surface area contributed by atoms with Crippen molar-refractivity contribution in [1.82, 2.24) is 0 Å². The van der Waals surface area contributed by atoms with E-state index in [1.54, 1.807) is 6.07 Å². The molecule has 2 atom stereocenters. The van der Waals surface area contributed by atoms with Crippen LogP contribution in [-0.4, -0.2) is 16.2 Å². The summed E-state index contributed by atoms with van der Waals surface area (Å²) in [4.78, 5) is 11.0. The van der Waals surface area contributed by atoms with Crippen molar-refractivity contribution in [1.29, 1.82) is 0 Å². The quantitative estimate of drug-likeness (QED) is 0.863. The molecule has 18 heavy (non-hydrogen) atoms. The van der Waals surface area contributed by atoms with Gasteiger partial charge in [-0.3, -0.25) is 0 Å². The number of hydrogen-bond acceptors (Lipinski definition) is 2. The Kier molecular flexibility index (Phi) is 3.20. The summed E-state index contributed by atoms with van der Waals surface area (Å²) in [5.41, 5.74) is 1.15. The summed E-state index contributed by atoms with van der Waals surface area (Å²) in [5.74, 6) is 0.0479. The lowest BCUT2D eigenvalue weighted by Gasteiger charge is -2.19. The van der Waals surface area contributed by atoms with Crippen molar-refractivity contribution in [3.8, 4) is 0 Å². The lowest BCUT2D eigenvalue weighted by molar-refractivity contribution is -0.157. The molecule has 1 aliphatic carbocycles. The van der Waals surface area contributed by atoms with Crippen molar-refractivity contribution in [2.24, 2.45) is 11.8 Å². The molecule has 0 heterocycles. The number of carbonyl (C=O) groups is 1. The van der Waals surface area contributed by atoms with Gasteiger partial charge in [0.2, 0.25) is 0 Å². The van der Waals surface area contributed by atoms with E-state index in [0.717, 1.165) is 12.8 Å². The monoisotopic (exact) mass is 248 g/mol. The van der Waals surface area contributed by atoms with Crippen LogP contribution >= 0.6 is 0 Å². The summed E-state index contributed by atoms with van der Waals surface area (Å²) in [6.07, 6.45) is 2.04. The molecule has 0 saturated heterocycles. The molecule has 1 aromatic carbocycles. The second-order valence-electron chi connectivity index (χ2n) is 5.77. The number of carboxylic acid groups (broad SMARTS) is 1. The first-order valence-electron chi connectivity index (χ1n) is 6.40. The maximum absolute atomic E-state index is 11.0. The Labute approximate surface area is 107 Å². The minimum atomic E-state index is -1.80. The Bertz CT molecular complexity index is 475. The average molecular weight is 248 g/mol. The molecule has 3 heteroatoms. The van der Waals surface area contributed by atoms with Crippen molar-refractivity contribution >= 4 is 5.97 Å². The number of hydrogen-bond donors (Lipinski definition) is 2. The molecular formula is C15H20O3. The number of benzene rings is 1. The molecule has 0 aliphatic heterocycles. The molecule has 0 radical (unpaired) electrons. The third-order valence-corrected chi connectivity index (χ3v) is 4.09. The standard InChI is InChI=1S/C15H20O3/c1-9(2)11-6-10-4-5-13(8-12(10)7-11)15(3,18)14(16)17/h4-5,8-9,11,18H,6-7H2,1-3H3,(H,16,17). The summed E-state index contributed by atoms with van der Waals surface area (Å²) in [6, 6.07) is 5.55. The smallest absolute Gasteiger partial charge is 0.340 e. The van der Waals surface area contributed by atoms with E-state index < -0.39 is 11.6 Å². The SMILES string of the molecule is CC(C)C1Cc2ccc(C(C)(O)C(=O)O)cc2C1. The predicted molar refractivity (Wildman–Crippen MR) is 69.4 cm³/mol. The summed E-state index contributed by atoms with van der Waals surface area (Å²) >= 11 is 0. The van der Waals surface area contributed by atoms with Crippen molar-refractivity contribution in [3.63, 3.8) is 0 Å². The summed E-state index contributed by atoms with van der Waals surface area (Å²) < 4.78 is 0. The molecule has 0 fully saturated rings. The molecule has 98 valence electrons.